The molecule has 1 nitrogen and oxygen atoms in total. The van der Waals surface area contributed by atoms with E-state index in [2.05, 4.69) is 0 Å². The summed E-state index contributed by atoms with van der Waals surface area (Å²) in [5, 5.41) is 10.1. The van der Waals surface area contributed by atoms with E-state index in [4.69, 9.17) is 5.41 Å². The van der Waals surface area contributed by atoms with Gasteiger partial charge in [0, 0.05) is 12.1 Å². The van der Waals surface area contributed by atoms with Gasteiger partial charge in [-0.1, -0.05) is 0 Å². The molecule has 0 saturated heterocycles. The molecule has 2 N–H and O–H groups in total. The minimum Gasteiger partial charge on any atom is -1.00 e. The van der Waals surface area contributed by atoms with Crippen molar-refractivity contribution < 1.29 is 29.4 Å². The van der Waals surface area contributed by atoms with Crippen molar-refractivity contribution >= 4 is 11.3 Å². The lowest BCUT2D eigenvalue weighted by Gasteiger charge is -1.68. The molecule has 0 amide bonds. The van der Waals surface area contributed by atoms with Crippen LogP contribution in [0.2, 0.25) is 0 Å². The van der Waals surface area contributed by atoms with Crippen LogP contribution in [0.15, 0.2) is 22.9 Å². The molecule has 1 heterocycles. The quantitative estimate of drug-likeness (QED) is 0.453. The van der Waals surface area contributed by atoms with E-state index < -0.39 is 0 Å². The first kappa shape index (κ1) is 8.10. The topological polar surface area (TPSA) is 25.6 Å². The molecule has 8 heavy (non-hydrogen) atoms. The molecule has 0 radical (unpaired) electrons. The highest BCUT2D eigenvalue weighted by molar-refractivity contribution is 7.07. The van der Waals surface area contributed by atoms with E-state index in [1.54, 1.807) is 11.3 Å². The summed E-state index contributed by atoms with van der Waals surface area (Å²) < 4.78 is 0. The van der Waals surface area contributed by atoms with E-state index in [1.165, 1.54) is 0 Å². The summed E-state index contributed by atoms with van der Waals surface area (Å²) in [6.45, 7) is 0. The molecule has 0 fully saturated rings. The standard InChI is InChI=1S/C5H5NS.HI/c6-5-1-3-7-4-2-5;/h1-4,6H;1H. The Labute approximate surface area is 68.9 Å². The number of hydrogen-bond acceptors (Lipinski definition) is 1. The average Bonchev–Trinajstić information content (AvgIpc) is 1.69. The van der Waals surface area contributed by atoms with Crippen molar-refractivity contribution in [3.05, 3.63) is 28.3 Å². The second-order valence-corrected chi connectivity index (χ2v) is 2.06. The Morgan fingerprint density at radius 2 is 1.75 bits per heavy atom. The fourth-order valence-corrected chi connectivity index (χ4v) is 0.899. The van der Waals surface area contributed by atoms with E-state index >= 15 is 0 Å². The van der Waals surface area contributed by atoms with Crippen LogP contribution in [-0.2, 0) is 0 Å². The molecule has 0 spiro atoms. The summed E-state index contributed by atoms with van der Waals surface area (Å²) in [4.78, 5) is 0. The maximum Gasteiger partial charge on any atom is 0.198 e. The Balaban J connectivity index is 0.000000490. The molecular formula is C5H6INS. The molecule has 0 aliphatic heterocycles. The van der Waals surface area contributed by atoms with Gasteiger partial charge in [-0.25, -0.2) is 0 Å². The maximum absolute atomic E-state index is 5.36. The summed E-state index contributed by atoms with van der Waals surface area (Å²) in [6.07, 6.45) is 0. The lowest BCUT2D eigenvalue weighted by Crippen LogP contribution is -3.00. The largest absolute Gasteiger partial charge is 1.00 e. The van der Waals surface area contributed by atoms with Crippen molar-refractivity contribution in [2.75, 3.05) is 0 Å². The van der Waals surface area contributed by atoms with Gasteiger partial charge in [-0.15, -0.1) is 0 Å². The highest BCUT2D eigenvalue weighted by atomic mass is 127. The first-order chi connectivity index (χ1) is 3.39. The fourth-order valence-electron chi connectivity index (χ4n) is 0.337. The van der Waals surface area contributed by atoms with Crippen molar-refractivity contribution in [3.8, 4) is 0 Å². The van der Waals surface area contributed by atoms with E-state index in [-0.39, 0.29) is 24.0 Å². The molecule has 3 heteroatoms. The third kappa shape index (κ3) is 2.42. The van der Waals surface area contributed by atoms with Crippen molar-refractivity contribution in [1.82, 2.24) is 0 Å². The Morgan fingerprint density at radius 3 is 2.00 bits per heavy atom. The zero-order valence-corrected chi connectivity index (χ0v) is 7.15. The van der Waals surface area contributed by atoms with E-state index in [0.717, 1.165) is 5.36 Å². The molecule has 0 aliphatic carbocycles. The van der Waals surface area contributed by atoms with Crippen LogP contribution in [0.4, 0.5) is 0 Å². The Bertz CT molecular complexity index is 178. The van der Waals surface area contributed by atoms with Crippen molar-refractivity contribution in [2.24, 2.45) is 0 Å². The number of nitrogens with two attached hydrogens (primary N) is 1. The van der Waals surface area contributed by atoms with E-state index in [0.29, 0.717) is 0 Å². The van der Waals surface area contributed by atoms with Crippen LogP contribution in [0.3, 0.4) is 0 Å². The van der Waals surface area contributed by atoms with E-state index in [9.17, 15) is 0 Å². The fraction of sp³-hybridized carbons (Fsp3) is 0. The second kappa shape index (κ2) is 4.03. The summed E-state index contributed by atoms with van der Waals surface area (Å²) in [6, 6.07) is 3.76. The molecule has 0 aliphatic rings. The van der Waals surface area contributed by atoms with Crippen LogP contribution in [0.5, 0.6) is 0 Å². The normalized spacial score (nSPS) is 7.50. The van der Waals surface area contributed by atoms with Gasteiger partial charge in [-0.2, -0.15) is 11.3 Å². The Hall–Kier alpha value is 0.100. The molecule has 0 atom stereocenters. The lowest BCUT2D eigenvalue weighted by atomic mass is 10.5. The Kier molecular flexibility index (Phi) is 4.08. The average molecular weight is 239 g/mol. The zero-order valence-electron chi connectivity index (χ0n) is 4.17. The first-order valence-corrected chi connectivity index (χ1v) is 2.95. The van der Waals surface area contributed by atoms with Gasteiger partial charge in [0.15, 0.2) is 5.36 Å². The van der Waals surface area contributed by atoms with Crippen LogP contribution in [-0.4, -0.2) is 0 Å². The third-order valence-corrected chi connectivity index (χ3v) is 1.26. The molecule has 0 aromatic carbocycles. The van der Waals surface area contributed by atoms with E-state index in [1.807, 2.05) is 22.9 Å². The third-order valence-electron chi connectivity index (χ3n) is 0.678. The summed E-state index contributed by atoms with van der Waals surface area (Å²) >= 11 is 1.64. The first-order valence-electron chi connectivity index (χ1n) is 2.00. The van der Waals surface area contributed by atoms with Crippen LogP contribution in [0.25, 0.3) is 0 Å². The van der Waals surface area contributed by atoms with Gasteiger partial charge in [0.25, 0.3) is 0 Å². The van der Waals surface area contributed by atoms with Crippen LogP contribution in [0, 0.1) is 0 Å². The molecular weight excluding hydrogens is 233 g/mol. The monoisotopic (exact) mass is 239 g/mol. The Morgan fingerprint density at radius 1 is 1.25 bits per heavy atom. The smallest absolute Gasteiger partial charge is 0.198 e. The van der Waals surface area contributed by atoms with Gasteiger partial charge in [-0.3, -0.25) is 5.41 Å². The number of hydrogen-bond donors (Lipinski definition) is 1. The van der Waals surface area contributed by atoms with Gasteiger partial charge >= 0.3 is 0 Å². The predicted molar refractivity (Wildman–Crippen MR) is 29.4 cm³/mol. The molecule has 1 aromatic rings. The van der Waals surface area contributed by atoms with Crippen molar-refractivity contribution in [1.29, 1.82) is 0 Å². The van der Waals surface area contributed by atoms with Crippen LogP contribution in [0.1, 0.15) is 0 Å². The number of rotatable bonds is 0. The van der Waals surface area contributed by atoms with Gasteiger partial charge in [0.1, 0.15) is 0 Å². The second-order valence-electron chi connectivity index (χ2n) is 1.24. The summed E-state index contributed by atoms with van der Waals surface area (Å²) in [5.41, 5.74) is 0. The van der Waals surface area contributed by atoms with Gasteiger partial charge in [0.2, 0.25) is 0 Å². The SMILES string of the molecule is [I-].[NH2+]=c1ccscc1. The van der Waals surface area contributed by atoms with Gasteiger partial charge in [-0.05, 0) is 10.8 Å². The minimum absolute atomic E-state index is 0. The van der Waals surface area contributed by atoms with Crippen molar-refractivity contribution in [2.45, 2.75) is 0 Å². The molecule has 1 rings (SSSR count). The highest BCUT2D eigenvalue weighted by Gasteiger charge is 1.73. The molecule has 0 unspecified atom stereocenters. The molecule has 0 saturated carbocycles. The van der Waals surface area contributed by atoms with Gasteiger partial charge < -0.3 is 24.0 Å². The van der Waals surface area contributed by atoms with Crippen LogP contribution < -0.4 is 34.7 Å². The summed E-state index contributed by atoms with van der Waals surface area (Å²) in [7, 11) is 0. The van der Waals surface area contributed by atoms with Crippen LogP contribution >= 0.6 is 11.3 Å². The summed E-state index contributed by atoms with van der Waals surface area (Å²) in [5.74, 6) is 0. The molecule has 44 valence electrons. The predicted octanol–water partition coefficient (Wildman–Crippen LogP) is -3.59. The van der Waals surface area contributed by atoms with Crippen molar-refractivity contribution in [3.63, 3.8) is 0 Å². The highest BCUT2D eigenvalue weighted by Crippen LogP contribution is 1.84. The lowest BCUT2D eigenvalue weighted by molar-refractivity contribution is -0.172. The minimum atomic E-state index is 0. The molecule has 0 bridgehead atoms. The zero-order chi connectivity index (χ0) is 5.11. The number of halogens is 1. The maximum atomic E-state index is 5.36. The molecule has 1 aromatic heterocycles. The van der Waals surface area contributed by atoms with Gasteiger partial charge in [0.05, 0.1) is 0 Å².